The molecule has 2 rings (SSSR count). The van der Waals surface area contributed by atoms with Crippen LogP contribution in [-0.4, -0.2) is 37.1 Å². The average molecular weight is 246 g/mol. The highest BCUT2D eigenvalue weighted by Gasteiger charge is 2.42. The monoisotopic (exact) mass is 246 g/mol. The molecule has 1 aliphatic heterocycles. The maximum absolute atomic E-state index is 12.2. The fourth-order valence-corrected chi connectivity index (χ4v) is 4.64. The van der Waals surface area contributed by atoms with E-state index in [4.69, 9.17) is 5.73 Å². The van der Waals surface area contributed by atoms with Crippen LogP contribution in [0, 0.1) is 5.41 Å². The van der Waals surface area contributed by atoms with Crippen LogP contribution in [0.4, 0.5) is 0 Å². The Bertz CT molecular complexity index is 360. The molecule has 2 aliphatic rings. The molecule has 94 valence electrons. The number of rotatable bonds is 2. The zero-order valence-electron chi connectivity index (χ0n) is 10.1. The first-order valence-corrected chi connectivity index (χ1v) is 7.59. The summed E-state index contributed by atoms with van der Waals surface area (Å²) in [5, 5.41) is -0.113. The summed E-state index contributed by atoms with van der Waals surface area (Å²) >= 11 is 0. The molecule has 1 aliphatic carbocycles. The minimum absolute atomic E-state index is 0.102. The van der Waals surface area contributed by atoms with Crippen molar-refractivity contribution in [1.29, 1.82) is 0 Å². The number of nitrogens with two attached hydrogens (primary N) is 1. The lowest BCUT2D eigenvalue weighted by atomic mass is 9.81. The number of piperidine rings is 1. The van der Waals surface area contributed by atoms with Crippen LogP contribution < -0.4 is 5.73 Å². The third-order valence-electron chi connectivity index (χ3n) is 4.11. The smallest absolute Gasteiger partial charge is 0.216 e. The summed E-state index contributed by atoms with van der Waals surface area (Å²) in [6.07, 6.45) is 3.51. The molecule has 1 heterocycles. The normalized spacial score (nSPS) is 32.3. The lowest BCUT2D eigenvalue weighted by Crippen LogP contribution is -2.56. The molecule has 0 amide bonds. The van der Waals surface area contributed by atoms with Crippen LogP contribution >= 0.6 is 0 Å². The maximum atomic E-state index is 12.2. The average Bonchev–Trinajstić information content (AvgIpc) is 2.05. The van der Waals surface area contributed by atoms with E-state index in [0.29, 0.717) is 13.1 Å². The maximum Gasteiger partial charge on any atom is 0.216 e. The van der Waals surface area contributed by atoms with E-state index in [-0.39, 0.29) is 16.7 Å². The van der Waals surface area contributed by atoms with E-state index < -0.39 is 10.0 Å². The van der Waals surface area contributed by atoms with Gasteiger partial charge in [0.05, 0.1) is 5.25 Å². The molecule has 1 atom stereocenters. The Hall–Kier alpha value is -0.130. The highest BCUT2D eigenvalue weighted by atomic mass is 32.2. The predicted octanol–water partition coefficient (Wildman–Crippen LogP) is 0.928. The quantitative estimate of drug-likeness (QED) is 0.788. The third-order valence-corrected chi connectivity index (χ3v) is 6.46. The zero-order valence-corrected chi connectivity index (χ0v) is 11.0. The predicted molar refractivity (Wildman–Crippen MR) is 64.5 cm³/mol. The molecule has 0 spiro atoms. The molecular weight excluding hydrogens is 224 g/mol. The van der Waals surface area contributed by atoms with Gasteiger partial charge < -0.3 is 5.73 Å². The summed E-state index contributed by atoms with van der Waals surface area (Å²) in [6.45, 7) is 5.29. The van der Waals surface area contributed by atoms with Crippen LogP contribution in [0.15, 0.2) is 0 Å². The van der Waals surface area contributed by atoms with Gasteiger partial charge in [-0.1, -0.05) is 20.3 Å². The second kappa shape index (κ2) is 3.96. The molecule has 5 heteroatoms. The van der Waals surface area contributed by atoms with Crippen LogP contribution in [-0.2, 0) is 10.0 Å². The van der Waals surface area contributed by atoms with E-state index in [2.05, 4.69) is 13.8 Å². The van der Waals surface area contributed by atoms with Crippen LogP contribution in [0.1, 0.15) is 39.5 Å². The number of hydrogen-bond acceptors (Lipinski definition) is 3. The van der Waals surface area contributed by atoms with Gasteiger partial charge in [0.15, 0.2) is 0 Å². The first kappa shape index (κ1) is 12.3. The second-order valence-corrected chi connectivity index (χ2v) is 8.03. The molecule has 0 aromatic rings. The standard InChI is InChI=1S/C11H22N2O2S/c1-11(2)8-13(7-6-10(11)12)16(14,15)9-4-3-5-9/h9-10H,3-8,12H2,1-2H3. The first-order chi connectivity index (χ1) is 7.34. The molecule has 16 heavy (non-hydrogen) atoms. The van der Waals surface area contributed by atoms with E-state index in [1.54, 1.807) is 4.31 Å². The number of nitrogens with zero attached hydrogens (tertiary/aromatic N) is 1. The molecule has 0 aromatic carbocycles. The summed E-state index contributed by atoms with van der Waals surface area (Å²) in [6, 6.07) is 0.111. The van der Waals surface area contributed by atoms with Crippen molar-refractivity contribution in [3.63, 3.8) is 0 Å². The minimum atomic E-state index is -3.04. The molecule has 1 unspecified atom stereocenters. The van der Waals surface area contributed by atoms with E-state index in [9.17, 15) is 8.42 Å². The first-order valence-electron chi connectivity index (χ1n) is 6.08. The Morgan fingerprint density at radius 3 is 2.31 bits per heavy atom. The van der Waals surface area contributed by atoms with Gasteiger partial charge in [-0.2, -0.15) is 0 Å². The fraction of sp³-hybridized carbons (Fsp3) is 1.00. The largest absolute Gasteiger partial charge is 0.327 e. The lowest BCUT2D eigenvalue weighted by Gasteiger charge is -2.43. The third kappa shape index (κ3) is 2.00. The van der Waals surface area contributed by atoms with Crippen LogP contribution in [0.25, 0.3) is 0 Å². The van der Waals surface area contributed by atoms with E-state index in [0.717, 1.165) is 25.7 Å². The van der Waals surface area contributed by atoms with Crippen molar-refractivity contribution in [2.45, 2.75) is 50.8 Å². The summed E-state index contributed by atoms with van der Waals surface area (Å²) in [7, 11) is -3.04. The van der Waals surface area contributed by atoms with Gasteiger partial charge in [0, 0.05) is 19.1 Å². The molecule has 1 saturated carbocycles. The molecule has 2 fully saturated rings. The van der Waals surface area contributed by atoms with Crippen molar-refractivity contribution in [3.8, 4) is 0 Å². The molecular formula is C11H22N2O2S. The lowest BCUT2D eigenvalue weighted by molar-refractivity contribution is 0.153. The fourth-order valence-electron chi connectivity index (χ4n) is 2.42. The number of sulfonamides is 1. The minimum Gasteiger partial charge on any atom is -0.327 e. The Balaban J connectivity index is 2.11. The van der Waals surface area contributed by atoms with Gasteiger partial charge in [-0.25, -0.2) is 12.7 Å². The molecule has 0 radical (unpaired) electrons. The van der Waals surface area contributed by atoms with Crippen molar-refractivity contribution >= 4 is 10.0 Å². The van der Waals surface area contributed by atoms with E-state index in [1.807, 2.05) is 0 Å². The summed E-state index contributed by atoms with van der Waals surface area (Å²) in [4.78, 5) is 0. The van der Waals surface area contributed by atoms with E-state index >= 15 is 0 Å². The van der Waals surface area contributed by atoms with Gasteiger partial charge in [-0.05, 0) is 24.7 Å². The van der Waals surface area contributed by atoms with Gasteiger partial charge in [0.25, 0.3) is 0 Å². The van der Waals surface area contributed by atoms with E-state index in [1.165, 1.54) is 0 Å². The zero-order chi connectivity index (χ0) is 12.0. The topological polar surface area (TPSA) is 63.4 Å². The molecule has 0 bridgehead atoms. The van der Waals surface area contributed by atoms with Crippen molar-refractivity contribution in [2.24, 2.45) is 11.1 Å². The number of hydrogen-bond donors (Lipinski definition) is 1. The molecule has 1 saturated heterocycles. The molecule has 0 aromatic heterocycles. The van der Waals surface area contributed by atoms with Crippen molar-refractivity contribution < 1.29 is 8.42 Å². The van der Waals surface area contributed by atoms with Gasteiger partial charge in [-0.3, -0.25) is 0 Å². The van der Waals surface area contributed by atoms with Crippen LogP contribution in [0.3, 0.4) is 0 Å². The Labute approximate surface area is 98.2 Å². The van der Waals surface area contributed by atoms with Crippen LogP contribution in [0.2, 0.25) is 0 Å². The van der Waals surface area contributed by atoms with Gasteiger partial charge in [0.2, 0.25) is 10.0 Å². The van der Waals surface area contributed by atoms with Crippen molar-refractivity contribution in [1.82, 2.24) is 4.31 Å². The highest BCUT2D eigenvalue weighted by Crippen LogP contribution is 2.34. The van der Waals surface area contributed by atoms with Gasteiger partial charge in [-0.15, -0.1) is 0 Å². The van der Waals surface area contributed by atoms with Crippen molar-refractivity contribution in [2.75, 3.05) is 13.1 Å². The summed E-state index contributed by atoms with van der Waals surface area (Å²) in [5.41, 5.74) is 5.92. The Kier molecular flexibility index (Phi) is 3.05. The molecule has 2 N–H and O–H groups in total. The summed E-state index contributed by atoms with van der Waals surface area (Å²) in [5.74, 6) is 0. The second-order valence-electron chi connectivity index (χ2n) is 5.82. The Morgan fingerprint density at radius 1 is 1.25 bits per heavy atom. The van der Waals surface area contributed by atoms with Crippen molar-refractivity contribution in [3.05, 3.63) is 0 Å². The highest BCUT2D eigenvalue weighted by molar-refractivity contribution is 7.89. The SMILES string of the molecule is CC1(C)CN(S(=O)(=O)C2CCC2)CCC1N. The van der Waals surface area contributed by atoms with Crippen LogP contribution in [0.5, 0.6) is 0 Å². The summed E-state index contributed by atoms with van der Waals surface area (Å²) < 4.78 is 26.2. The Morgan fingerprint density at radius 2 is 1.88 bits per heavy atom. The molecule has 4 nitrogen and oxygen atoms in total. The van der Waals surface area contributed by atoms with Gasteiger partial charge in [0.1, 0.15) is 0 Å². The van der Waals surface area contributed by atoms with Gasteiger partial charge >= 0.3 is 0 Å².